The molecule has 118 valence electrons. The molecule has 6 nitrogen and oxygen atoms in total. The zero-order chi connectivity index (χ0) is 15.0. The number of hydrogen-bond donors (Lipinski definition) is 1. The van der Waals surface area contributed by atoms with Gasteiger partial charge in [0.15, 0.2) is 0 Å². The van der Waals surface area contributed by atoms with Crippen molar-refractivity contribution in [1.82, 2.24) is 9.62 Å². The van der Waals surface area contributed by atoms with Crippen LogP contribution in [0, 0.1) is 5.92 Å². The topological polar surface area (TPSA) is 75.7 Å². The summed E-state index contributed by atoms with van der Waals surface area (Å²) in [7, 11) is -1.75. The quantitative estimate of drug-likeness (QED) is 0.666. The van der Waals surface area contributed by atoms with Gasteiger partial charge in [-0.1, -0.05) is 13.3 Å². The number of carbonyl (C=O) groups is 1. The van der Waals surface area contributed by atoms with Crippen LogP contribution >= 0.6 is 0 Å². The predicted octanol–water partition coefficient (Wildman–Crippen LogP) is 0.591. The van der Waals surface area contributed by atoms with Crippen LogP contribution in [0.3, 0.4) is 0 Å². The molecule has 1 saturated heterocycles. The molecular weight excluding hydrogens is 280 g/mol. The number of ether oxygens (including phenoxy) is 1. The molecule has 1 aliphatic rings. The van der Waals surface area contributed by atoms with Gasteiger partial charge in [0.05, 0.1) is 12.4 Å². The molecule has 0 unspecified atom stereocenters. The lowest BCUT2D eigenvalue weighted by Crippen LogP contribution is -2.44. The van der Waals surface area contributed by atoms with Crippen LogP contribution in [0.1, 0.15) is 32.6 Å². The summed E-state index contributed by atoms with van der Waals surface area (Å²) in [6, 6.07) is 0. The van der Waals surface area contributed by atoms with E-state index in [1.807, 2.05) is 0 Å². The summed E-state index contributed by atoms with van der Waals surface area (Å²) in [6.07, 6.45) is 3.24. The summed E-state index contributed by atoms with van der Waals surface area (Å²) in [5.74, 6) is 0.0183. The SMILES string of the molecule is CCCCNC(=O)C1CCN(S(=O)(=O)CCOC)CC1. The summed E-state index contributed by atoms with van der Waals surface area (Å²) < 4.78 is 30.2. The third kappa shape index (κ3) is 5.38. The van der Waals surface area contributed by atoms with Crippen LogP contribution in [0.15, 0.2) is 0 Å². The molecule has 0 saturated carbocycles. The molecule has 1 heterocycles. The summed E-state index contributed by atoms with van der Waals surface area (Å²) in [6.45, 7) is 3.85. The molecule has 1 rings (SSSR count). The predicted molar refractivity (Wildman–Crippen MR) is 77.9 cm³/mol. The molecule has 1 aliphatic heterocycles. The van der Waals surface area contributed by atoms with E-state index in [9.17, 15) is 13.2 Å². The molecule has 0 atom stereocenters. The second kappa shape index (κ2) is 8.59. The number of nitrogens with zero attached hydrogens (tertiary/aromatic N) is 1. The van der Waals surface area contributed by atoms with E-state index in [1.165, 1.54) is 11.4 Å². The summed E-state index contributed by atoms with van der Waals surface area (Å²) in [5.41, 5.74) is 0. The first-order valence-electron chi connectivity index (χ1n) is 7.25. The first kappa shape index (κ1) is 17.4. The van der Waals surface area contributed by atoms with Gasteiger partial charge in [-0.25, -0.2) is 12.7 Å². The highest BCUT2D eigenvalue weighted by molar-refractivity contribution is 7.89. The van der Waals surface area contributed by atoms with E-state index < -0.39 is 10.0 Å². The molecule has 7 heteroatoms. The molecule has 20 heavy (non-hydrogen) atoms. The standard InChI is InChI=1S/C13H26N2O4S/c1-3-4-7-14-13(16)12-5-8-15(9-6-12)20(17,18)11-10-19-2/h12H,3-11H2,1-2H3,(H,14,16). The Morgan fingerprint density at radius 3 is 2.55 bits per heavy atom. The Bertz CT molecular complexity index is 389. The molecular formula is C13H26N2O4S. The third-order valence-corrected chi connectivity index (χ3v) is 5.43. The molecule has 1 fully saturated rings. The molecule has 0 aromatic rings. The Hall–Kier alpha value is -0.660. The van der Waals surface area contributed by atoms with Crippen molar-refractivity contribution in [1.29, 1.82) is 0 Å². The first-order chi connectivity index (χ1) is 9.51. The van der Waals surface area contributed by atoms with E-state index in [0.29, 0.717) is 32.5 Å². The minimum atomic E-state index is -3.24. The van der Waals surface area contributed by atoms with Gasteiger partial charge in [0, 0.05) is 32.7 Å². The fourth-order valence-electron chi connectivity index (χ4n) is 2.25. The zero-order valence-electron chi connectivity index (χ0n) is 12.4. The van der Waals surface area contributed by atoms with Crippen molar-refractivity contribution in [3.63, 3.8) is 0 Å². The molecule has 0 spiro atoms. The summed E-state index contributed by atoms with van der Waals surface area (Å²) >= 11 is 0. The summed E-state index contributed by atoms with van der Waals surface area (Å²) in [5, 5.41) is 2.91. The number of sulfonamides is 1. The third-order valence-electron chi connectivity index (χ3n) is 3.59. The second-order valence-corrected chi connectivity index (χ2v) is 7.22. The van der Waals surface area contributed by atoms with Gasteiger partial charge in [0.2, 0.25) is 15.9 Å². The molecule has 1 N–H and O–H groups in total. The molecule has 0 radical (unpaired) electrons. The van der Waals surface area contributed by atoms with Crippen molar-refractivity contribution in [3.8, 4) is 0 Å². The van der Waals surface area contributed by atoms with Crippen LogP contribution in [0.4, 0.5) is 0 Å². The van der Waals surface area contributed by atoms with Crippen LogP contribution in [0.25, 0.3) is 0 Å². The van der Waals surface area contributed by atoms with E-state index in [4.69, 9.17) is 4.74 Å². The van der Waals surface area contributed by atoms with Gasteiger partial charge < -0.3 is 10.1 Å². The smallest absolute Gasteiger partial charge is 0.223 e. The number of unbranched alkanes of at least 4 members (excludes halogenated alkanes) is 1. The van der Waals surface area contributed by atoms with Gasteiger partial charge in [-0.05, 0) is 19.3 Å². The van der Waals surface area contributed by atoms with Crippen molar-refractivity contribution >= 4 is 15.9 Å². The molecule has 0 aromatic carbocycles. The van der Waals surface area contributed by atoms with Crippen molar-refractivity contribution < 1.29 is 17.9 Å². The van der Waals surface area contributed by atoms with Crippen LogP contribution < -0.4 is 5.32 Å². The number of nitrogens with one attached hydrogen (secondary N) is 1. The number of piperidine rings is 1. The van der Waals surface area contributed by atoms with E-state index >= 15 is 0 Å². The maximum absolute atomic E-state index is 12.0. The van der Waals surface area contributed by atoms with Gasteiger partial charge in [-0.2, -0.15) is 0 Å². The fraction of sp³-hybridized carbons (Fsp3) is 0.923. The van der Waals surface area contributed by atoms with E-state index in [2.05, 4.69) is 12.2 Å². The Labute approximate surface area is 121 Å². The lowest BCUT2D eigenvalue weighted by molar-refractivity contribution is -0.126. The lowest BCUT2D eigenvalue weighted by Gasteiger charge is -2.30. The number of rotatable bonds is 8. The largest absolute Gasteiger partial charge is 0.384 e. The molecule has 1 amide bonds. The van der Waals surface area contributed by atoms with Crippen molar-refractivity contribution in [3.05, 3.63) is 0 Å². The van der Waals surface area contributed by atoms with Gasteiger partial charge in [-0.3, -0.25) is 4.79 Å². The Kier molecular flexibility index (Phi) is 7.47. The highest BCUT2D eigenvalue weighted by atomic mass is 32.2. The van der Waals surface area contributed by atoms with Gasteiger partial charge in [0.1, 0.15) is 0 Å². The highest BCUT2D eigenvalue weighted by Gasteiger charge is 2.30. The maximum Gasteiger partial charge on any atom is 0.223 e. The Morgan fingerprint density at radius 1 is 1.35 bits per heavy atom. The van der Waals surface area contributed by atoms with Crippen molar-refractivity contribution in [2.45, 2.75) is 32.6 Å². The fourth-order valence-corrected chi connectivity index (χ4v) is 3.65. The highest BCUT2D eigenvalue weighted by Crippen LogP contribution is 2.20. The van der Waals surface area contributed by atoms with E-state index in [-0.39, 0.29) is 24.2 Å². The van der Waals surface area contributed by atoms with Crippen molar-refractivity contribution in [2.75, 3.05) is 39.1 Å². The minimum absolute atomic E-state index is 0.0108. The van der Waals surface area contributed by atoms with Crippen LogP contribution in [-0.4, -0.2) is 57.7 Å². The van der Waals surface area contributed by atoms with Crippen LogP contribution in [0.5, 0.6) is 0 Å². The normalized spacial score (nSPS) is 18.1. The average Bonchev–Trinajstić information content (AvgIpc) is 2.45. The van der Waals surface area contributed by atoms with Gasteiger partial charge >= 0.3 is 0 Å². The monoisotopic (exact) mass is 306 g/mol. The number of methoxy groups -OCH3 is 1. The lowest BCUT2D eigenvalue weighted by atomic mass is 9.97. The molecule has 0 bridgehead atoms. The first-order valence-corrected chi connectivity index (χ1v) is 8.86. The molecule has 0 aliphatic carbocycles. The Morgan fingerprint density at radius 2 is 2.00 bits per heavy atom. The number of hydrogen-bond acceptors (Lipinski definition) is 4. The van der Waals surface area contributed by atoms with E-state index in [1.54, 1.807) is 0 Å². The van der Waals surface area contributed by atoms with E-state index in [0.717, 1.165) is 12.8 Å². The minimum Gasteiger partial charge on any atom is -0.384 e. The number of amides is 1. The average molecular weight is 306 g/mol. The van der Waals surface area contributed by atoms with Crippen LogP contribution in [-0.2, 0) is 19.6 Å². The van der Waals surface area contributed by atoms with Gasteiger partial charge in [0.25, 0.3) is 0 Å². The maximum atomic E-state index is 12.0. The number of carbonyl (C=O) groups excluding carboxylic acids is 1. The van der Waals surface area contributed by atoms with Crippen LogP contribution in [0.2, 0.25) is 0 Å². The van der Waals surface area contributed by atoms with Crippen molar-refractivity contribution in [2.24, 2.45) is 5.92 Å². The molecule has 0 aromatic heterocycles. The van der Waals surface area contributed by atoms with Gasteiger partial charge in [-0.15, -0.1) is 0 Å². The summed E-state index contributed by atoms with van der Waals surface area (Å²) in [4.78, 5) is 11.9. The zero-order valence-corrected chi connectivity index (χ0v) is 13.2. The Balaban J connectivity index is 2.37. The second-order valence-electron chi connectivity index (χ2n) is 5.13.